The Labute approximate surface area is 63.9 Å². The van der Waals surface area contributed by atoms with Gasteiger partial charge in [0.2, 0.25) is 0 Å². The summed E-state index contributed by atoms with van der Waals surface area (Å²) in [6.45, 7) is 4.60. The zero-order valence-electron chi connectivity index (χ0n) is 6.26. The molecule has 0 bridgehead atoms. The van der Waals surface area contributed by atoms with Gasteiger partial charge in [0.05, 0.1) is 0 Å². The fourth-order valence-corrected chi connectivity index (χ4v) is 0.644. The Morgan fingerprint density at radius 2 is 2.00 bits per heavy atom. The van der Waals surface area contributed by atoms with E-state index in [1.54, 1.807) is 0 Å². The molecule has 0 saturated heterocycles. The molecule has 1 N–H and O–H groups in total. The molecule has 0 aromatic carbocycles. The molecule has 0 amide bonds. The van der Waals surface area contributed by atoms with E-state index in [2.05, 4.69) is 13.8 Å². The third-order valence-corrected chi connectivity index (χ3v) is 1.36. The zero-order chi connectivity index (χ0) is 6.41. The molecular weight excluding hydrogens is 136 g/mol. The molecule has 58 valence electrons. The summed E-state index contributed by atoms with van der Waals surface area (Å²) >= 11 is 0. The van der Waals surface area contributed by atoms with Crippen LogP contribution in [0.15, 0.2) is 0 Å². The number of rotatable bonds is 4. The molecule has 0 aromatic rings. The maximum Gasteiger partial charge on any atom is 0.0456 e. The summed E-state index contributed by atoms with van der Waals surface area (Å²) in [5.41, 5.74) is 0. The van der Waals surface area contributed by atoms with Crippen molar-refractivity contribution in [2.24, 2.45) is 5.92 Å². The Kier molecular flexibility index (Phi) is 11.0. The number of hydrogen-bond acceptors (Lipinski definition) is 1. The van der Waals surface area contributed by atoms with Crippen molar-refractivity contribution in [1.29, 1.82) is 0 Å². The van der Waals surface area contributed by atoms with Gasteiger partial charge < -0.3 is 5.11 Å². The first-order valence-electron chi connectivity index (χ1n) is 3.42. The minimum atomic E-state index is 0. The summed E-state index contributed by atoms with van der Waals surface area (Å²) in [4.78, 5) is 0. The summed E-state index contributed by atoms with van der Waals surface area (Å²) < 4.78 is 0. The minimum Gasteiger partial charge on any atom is -0.396 e. The first kappa shape index (κ1) is 12.0. The Morgan fingerprint density at radius 1 is 1.44 bits per heavy atom. The number of unbranched alkanes of at least 4 members (excludes halogenated alkanes) is 1. The highest BCUT2D eigenvalue weighted by atomic mass is 35.5. The fourth-order valence-electron chi connectivity index (χ4n) is 0.644. The van der Waals surface area contributed by atoms with Crippen LogP contribution in [0.1, 0.15) is 33.1 Å². The SMILES string of the molecule is CCCCC(C)CO.Cl. The molecular formula is C7H17ClO. The van der Waals surface area contributed by atoms with Crippen LogP contribution in [0.2, 0.25) is 0 Å². The van der Waals surface area contributed by atoms with E-state index in [-0.39, 0.29) is 12.4 Å². The average molecular weight is 153 g/mol. The number of aliphatic hydroxyl groups excluding tert-OH is 1. The maximum absolute atomic E-state index is 8.56. The summed E-state index contributed by atoms with van der Waals surface area (Å²) in [6.07, 6.45) is 3.67. The molecule has 0 aliphatic heterocycles. The molecule has 2 heteroatoms. The predicted octanol–water partition coefficient (Wildman–Crippen LogP) is 2.23. The number of hydrogen-bond donors (Lipinski definition) is 1. The van der Waals surface area contributed by atoms with Gasteiger partial charge in [0.25, 0.3) is 0 Å². The maximum atomic E-state index is 8.56. The van der Waals surface area contributed by atoms with Crippen LogP contribution < -0.4 is 0 Å². The smallest absolute Gasteiger partial charge is 0.0456 e. The third-order valence-electron chi connectivity index (χ3n) is 1.36. The van der Waals surface area contributed by atoms with Crippen LogP contribution in [0.5, 0.6) is 0 Å². The highest BCUT2D eigenvalue weighted by Gasteiger charge is 1.95. The van der Waals surface area contributed by atoms with E-state index in [4.69, 9.17) is 5.11 Å². The van der Waals surface area contributed by atoms with Gasteiger partial charge in [-0.05, 0) is 12.3 Å². The topological polar surface area (TPSA) is 20.2 Å². The quantitative estimate of drug-likeness (QED) is 0.655. The van der Waals surface area contributed by atoms with Gasteiger partial charge in [0.1, 0.15) is 0 Å². The summed E-state index contributed by atoms with van der Waals surface area (Å²) in [5.74, 6) is 0.509. The molecule has 0 spiro atoms. The Hall–Kier alpha value is 0.250. The normalized spacial score (nSPS) is 12.3. The van der Waals surface area contributed by atoms with Crippen LogP contribution in [-0.2, 0) is 0 Å². The number of aliphatic hydroxyl groups is 1. The van der Waals surface area contributed by atoms with E-state index in [1.165, 1.54) is 19.3 Å². The molecule has 0 aromatic heterocycles. The summed E-state index contributed by atoms with van der Waals surface area (Å²) in [7, 11) is 0. The molecule has 0 saturated carbocycles. The van der Waals surface area contributed by atoms with Crippen molar-refractivity contribution in [3.8, 4) is 0 Å². The van der Waals surface area contributed by atoms with Crippen LogP contribution in [0.25, 0.3) is 0 Å². The van der Waals surface area contributed by atoms with Gasteiger partial charge >= 0.3 is 0 Å². The second kappa shape index (κ2) is 8.25. The first-order valence-corrected chi connectivity index (χ1v) is 3.42. The largest absolute Gasteiger partial charge is 0.396 e. The second-order valence-corrected chi connectivity index (χ2v) is 2.43. The molecule has 0 rings (SSSR count). The van der Waals surface area contributed by atoms with Crippen molar-refractivity contribution in [1.82, 2.24) is 0 Å². The summed E-state index contributed by atoms with van der Waals surface area (Å²) in [6, 6.07) is 0. The third kappa shape index (κ3) is 8.25. The highest BCUT2D eigenvalue weighted by Crippen LogP contribution is 2.04. The fraction of sp³-hybridized carbons (Fsp3) is 1.00. The molecule has 0 fully saturated rings. The van der Waals surface area contributed by atoms with Crippen LogP contribution in [0.3, 0.4) is 0 Å². The molecule has 9 heavy (non-hydrogen) atoms. The van der Waals surface area contributed by atoms with Crippen molar-refractivity contribution in [2.75, 3.05) is 6.61 Å². The highest BCUT2D eigenvalue weighted by molar-refractivity contribution is 5.85. The van der Waals surface area contributed by atoms with Crippen LogP contribution >= 0.6 is 12.4 Å². The van der Waals surface area contributed by atoms with Crippen LogP contribution in [0.4, 0.5) is 0 Å². The molecule has 1 nitrogen and oxygen atoms in total. The van der Waals surface area contributed by atoms with Gasteiger partial charge in [-0.2, -0.15) is 0 Å². The minimum absolute atomic E-state index is 0. The molecule has 0 heterocycles. The van der Waals surface area contributed by atoms with Crippen molar-refractivity contribution in [3.05, 3.63) is 0 Å². The zero-order valence-corrected chi connectivity index (χ0v) is 7.08. The lowest BCUT2D eigenvalue weighted by Gasteiger charge is -2.03. The summed E-state index contributed by atoms with van der Waals surface area (Å²) in [5, 5.41) is 8.56. The van der Waals surface area contributed by atoms with Crippen molar-refractivity contribution in [3.63, 3.8) is 0 Å². The van der Waals surface area contributed by atoms with E-state index >= 15 is 0 Å². The van der Waals surface area contributed by atoms with Crippen molar-refractivity contribution >= 4 is 12.4 Å². The Morgan fingerprint density at radius 3 is 2.33 bits per heavy atom. The standard InChI is InChI=1S/C7H16O.ClH/c1-3-4-5-7(2)6-8;/h7-8H,3-6H2,1-2H3;1H. The Bertz CT molecular complexity index is 48.2. The van der Waals surface area contributed by atoms with Gasteiger partial charge in [-0.15, -0.1) is 12.4 Å². The lowest BCUT2D eigenvalue weighted by atomic mass is 10.1. The van der Waals surface area contributed by atoms with Gasteiger partial charge in [0, 0.05) is 6.61 Å². The molecule has 0 aliphatic carbocycles. The van der Waals surface area contributed by atoms with Crippen molar-refractivity contribution < 1.29 is 5.11 Å². The van der Waals surface area contributed by atoms with Gasteiger partial charge in [-0.25, -0.2) is 0 Å². The van der Waals surface area contributed by atoms with E-state index in [9.17, 15) is 0 Å². The van der Waals surface area contributed by atoms with Crippen LogP contribution in [-0.4, -0.2) is 11.7 Å². The molecule has 0 aliphatic rings. The molecule has 0 radical (unpaired) electrons. The second-order valence-electron chi connectivity index (χ2n) is 2.43. The van der Waals surface area contributed by atoms with E-state index in [0.717, 1.165) is 0 Å². The predicted molar refractivity (Wildman–Crippen MR) is 43.0 cm³/mol. The number of halogens is 1. The van der Waals surface area contributed by atoms with Gasteiger partial charge in [-0.1, -0.05) is 26.7 Å². The lowest BCUT2D eigenvalue weighted by molar-refractivity contribution is 0.228. The lowest BCUT2D eigenvalue weighted by Crippen LogP contribution is -1.98. The Balaban J connectivity index is 0. The van der Waals surface area contributed by atoms with Crippen molar-refractivity contribution in [2.45, 2.75) is 33.1 Å². The van der Waals surface area contributed by atoms with Gasteiger partial charge in [-0.3, -0.25) is 0 Å². The van der Waals surface area contributed by atoms with E-state index < -0.39 is 0 Å². The van der Waals surface area contributed by atoms with Gasteiger partial charge in [0.15, 0.2) is 0 Å². The monoisotopic (exact) mass is 152 g/mol. The molecule has 1 atom stereocenters. The van der Waals surface area contributed by atoms with Crippen LogP contribution in [0, 0.1) is 5.92 Å². The first-order chi connectivity index (χ1) is 3.81. The average Bonchev–Trinajstić information content (AvgIpc) is 1.83. The molecule has 1 unspecified atom stereocenters. The van der Waals surface area contributed by atoms with E-state index in [1.807, 2.05) is 0 Å². The van der Waals surface area contributed by atoms with E-state index in [0.29, 0.717) is 12.5 Å².